The summed E-state index contributed by atoms with van der Waals surface area (Å²) in [4.78, 5) is 12.9. The monoisotopic (exact) mass is 714 g/mol. The predicted octanol–water partition coefficient (Wildman–Crippen LogP) is 6.13. The quantitative estimate of drug-likeness (QED) is 0.0320. The Morgan fingerprint density at radius 1 is 0.680 bits per heavy atom. The summed E-state index contributed by atoms with van der Waals surface area (Å²) >= 11 is 0. The summed E-state index contributed by atoms with van der Waals surface area (Å²) in [6.45, 7) is 3.54. The Morgan fingerprint density at radius 3 is 1.74 bits per heavy atom. The lowest BCUT2D eigenvalue weighted by atomic mass is 9.99. The Kier molecular flexibility index (Phi) is 29.1. The minimum absolute atomic E-state index is 0.306. The number of carbonyl (C=O) groups excluding carboxylic acids is 1. The van der Waals surface area contributed by atoms with Gasteiger partial charge in [0.1, 0.15) is 30.5 Å². The Labute approximate surface area is 303 Å². The average molecular weight is 714 g/mol. The van der Waals surface area contributed by atoms with Crippen LogP contribution in [-0.4, -0.2) is 98.7 Å². The zero-order valence-corrected chi connectivity index (χ0v) is 31.5. The molecule has 1 fully saturated rings. The van der Waals surface area contributed by atoms with Crippen molar-refractivity contribution in [1.82, 2.24) is 5.32 Å². The molecule has 294 valence electrons. The summed E-state index contributed by atoms with van der Waals surface area (Å²) in [6, 6.07) is -0.990. The third kappa shape index (κ3) is 21.9. The molecular weight excluding hydrogens is 638 g/mol. The van der Waals surface area contributed by atoms with Crippen LogP contribution in [0.1, 0.15) is 162 Å². The first-order chi connectivity index (χ1) is 24.3. The molecule has 0 spiro atoms. The molecule has 0 aromatic rings. The van der Waals surface area contributed by atoms with Crippen molar-refractivity contribution in [3.05, 3.63) is 24.3 Å². The Balaban J connectivity index is 2.54. The second-order valence-corrected chi connectivity index (χ2v) is 14.2. The van der Waals surface area contributed by atoms with E-state index in [-0.39, 0.29) is 6.61 Å². The van der Waals surface area contributed by atoms with Gasteiger partial charge in [-0.1, -0.05) is 154 Å². The van der Waals surface area contributed by atoms with Gasteiger partial charge in [0.05, 0.1) is 25.4 Å². The molecule has 0 aromatic heterocycles. The topological polar surface area (TPSA) is 169 Å². The summed E-state index contributed by atoms with van der Waals surface area (Å²) in [7, 11) is 0. The van der Waals surface area contributed by atoms with Gasteiger partial charge in [0, 0.05) is 0 Å². The highest BCUT2D eigenvalue weighted by atomic mass is 16.7. The molecule has 7 N–H and O–H groups in total. The Bertz CT molecular complexity index is 855. The van der Waals surface area contributed by atoms with Crippen LogP contribution >= 0.6 is 0 Å². The lowest BCUT2D eigenvalue weighted by molar-refractivity contribution is -0.302. The first kappa shape index (κ1) is 46.7. The molecule has 1 aliphatic heterocycles. The summed E-state index contributed by atoms with van der Waals surface area (Å²) in [5.41, 5.74) is 0. The molecule has 0 saturated carbocycles. The van der Waals surface area contributed by atoms with E-state index in [9.17, 15) is 35.4 Å². The highest BCUT2D eigenvalue weighted by molar-refractivity contribution is 5.80. The fraction of sp³-hybridized carbons (Fsp3) is 0.875. The van der Waals surface area contributed by atoms with E-state index in [1.807, 2.05) is 6.08 Å². The van der Waals surface area contributed by atoms with E-state index in [2.05, 4.69) is 31.3 Å². The van der Waals surface area contributed by atoms with Gasteiger partial charge in [-0.3, -0.25) is 4.79 Å². The highest BCUT2D eigenvalue weighted by Gasteiger charge is 2.44. The summed E-state index contributed by atoms with van der Waals surface area (Å²) in [6.07, 6.45) is 24.1. The van der Waals surface area contributed by atoms with Crippen molar-refractivity contribution < 1.29 is 44.9 Å². The van der Waals surface area contributed by atoms with Crippen molar-refractivity contribution in [2.24, 2.45) is 0 Å². The first-order valence-corrected chi connectivity index (χ1v) is 20.2. The lowest BCUT2D eigenvalue weighted by Gasteiger charge is -2.40. The molecule has 50 heavy (non-hydrogen) atoms. The van der Waals surface area contributed by atoms with Gasteiger partial charge >= 0.3 is 0 Å². The van der Waals surface area contributed by atoms with E-state index in [0.29, 0.717) is 19.3 Å². The van der Waals surface area contributed by atoms with Crippen molar-refractivity contribution in [2.45, 2.75) is 210 Å². The van der Waals surface area contributed by atoms with E-state index >= 15 is 0 Å². The van der Waals surface area contributed by atoms with E-state index in [1.165, 1.54) is 96.3 Å². The number of nitrogens with one attached hydrogen (secondary N) is 1. The molecule has 10 nitrogen and oxygen atoms in total. The van der Waals surface area contributed by atoms with Gasteiger partial charge in [0.2, 0.25) is 5.91 Å². The number of amides is 1. The summed E-state index contributed by atoms with van der Waals surface area (Å²) in [5.74, 6) is -0.628. The number of allylic oxidation sites excluding steroid dienone is 3. The summed E-state index contributed by atoms with van der Waals surface area (Å²) < 4.78 is 11.1. The van der Waals surface area contributed by atoms with Crippen LogP contribution in [0.25, 0.3) is 0 Å². The maximum absolute atomic E-state index is 12.9. The number of rotatable bonds is 32. The van der Waals surface area contributed by atoms with Crippen molar-refractivity contribution in [3.63, 3.8) is 0 Å². The smallest absolute Gasteiger partial charge is 0.249 e. The third-order valence-electron chi connectivity index (χ3n) is 9.64. The highest BCUT2D eigenvalue weighted by Crippen LogP contribution is 2.22. The Hall–Kier alpha value is -1.37. The summed E-state index contributed by atoms with van der Waals surface area (Å²) in [5, 5.41) is 64.3. The van der Waals surface area contributed by atoms with Crippen LogP contribution < -0.4 is 5.32 Å². The SMILES string of the molecule is CCCCCCCCC/C=C\CC/C=C/[C@H](O)[C@@H](CO[C@@H]1O[C@H](CO)[C@@H](O)[C@H](O)[C@H]1O)NC(=O)C(O)CCCCCCCCCCCCCC. The van der Waals surface area contributed by atoms with Crippen LogP contribution in [0, 0.1) is 0 Å². The van der Waals surface area contributed by atoms with E-state index in [4.69, 9.17) is 9.47 Å². The van der Waals surface area contributed by atoms with Crippen LogP contribution in [0.5, 0.6) is 0 Å². The molecule has 8 atom stereocenters. The molecular formula is C40H75NO9. The zero-order valence-electron chi connectivity index (χ0n) is 31.5. The fourth-order valence-corrected chi connectivity index (χ4v) is 6.24. The molecule has 1 unspecified atom stereocenters. The molecule has 0 aromatic carbocycles. The Morgan fingerprint density at radius 2 is 1.18 bits per heavy atom. The molecule has 1 saturated heterocycles. The van der Waals surface area contributed by atoms with Crippen LogP contribution in [0.4, 0.5) is 0 Å². The minimum atomic E-state index is -1.61. The minimum Gasteiger partial charge on any atom is -0.394 e. The van der Waals surface area contributed by atoms with E-state index in [0.717, 1.165) is 32.1 Å². The second kappa shape index (κ2) is 31.2. The van der Waals surface area contributed by atoms with Crippen LogP contribution in [0.2, 0.25) is 0 Å². The van der Waals surface area contributed by atoms with Gasteiger partial charge in [-0.25, -0.2) is 0 Å². The third-order valence-corrected chi connectivity index (χ3v) is 9.64. The molecule has 1 rings (SSSR count). The molecule has 1 heterocycles. The number of unbranched alkanes of at least 4 members (excludes halogenated alkanes) is 19. The largest absolute Gasteiger partial charge is 0.394 e. The average Bonchev–Trinajstić information content (AvgIpc) is 3.11. The van der Waals surface area contributed by atoms with Crippen molar-refractivity contribution in [2.75, 3.05) is 13.2 Å². The standard InChI is InChI=1S/C40H75NO9/c1-3-5-7-9-11-13-15-17-19-20-22-24-26-28-33(43)32(31-49-40-38(47)37(46)36(45)35(30-42)50-40)41-39(48)34(44)29-27-25-23-21-18-16-14-12-10-8-6-4-2/h19-20,26,28,32-38,40,42-47H,3-18,21-25,27,29-31H2,1-2H3,(H,41,48)/b20-19-,28-26+/t32-,33+,34?,35-,36-,37+,38-,40-/m1/s1. The molecule has 0 bridgehead atoms. The van der Waals surface area contributed by atoms with Crippen molar-refractivity contribution in [1.29, 1.82) is 0 Å². The van der Waals surface area contributed by atoms with Gasteiger partial charge in [-0.2, -0.15) is 0 Å². The number of aliphatic hydroxyl groups is 6. The van der Waals surface area contributed by atoms with Crippen molar-refractivity contribution >= 4 is 5.91 Å². The molecule has 1 amide bonds. The maximum Gasteiger partial charge on any atom is 0.249 e. The number of carbonyl (C=O) groups is 1. The molecule has 10 heteroatoms. The molecule has 1 aliphatic rings. The normalized spacial score (nSPS) is 23.1. The molecule has 0 radical (unpaired) electrons. The number of aliphatic hydroxyl groups excluding tert-OH is 6. The van der Waals surface area contributed by atoms with Gasteiger partial charge < -0.3 is 45.4 Å². The maximum atomic E-state index is 12.9. The molecule has 0 aliphatic carbocycles. The predicted molar refractivity (Wildman–Crippen MR) is 199 cm³/mol. The fourth-order valence-electron chi connectivity index (χ4n) is 6.24. The van der Waals surface area contributed by atoms with Crippen LogP contribution in [0.15, 0.2) is 24.3 Å². The van der Waals surface area contributed by atoms with E-state index < -0.39 is 61.5 Å². The van der Waals surface area contributed by atoms with Gasteiger partial charge in [0.15, 0.2) is 6.29 Å². The van der Waals surface area contributed by atoms with Gasteiger partial charge in [0.25, 0.3) is 0 Å². The lowest BCUT2D eigenvalue weighted by Crippen LogP contribution is -2.60. The van der Waals surface area contributed by atoms with E-state index in [1.54, 1.807) is 6.08 Å². The van der Waals surface area contributed by atoms with Crippen molar-refractivity contribution in [3.8, 4) is 0 Å². The van der Waals surface area contributed by atoms with Gasteiger partial charge in [-0.15, -0.1) is 0 Å². The first-order valence-electron chi connectivity index (χ1n) is 20.2. The van der Waals surface area contributed by atoms with Crippen LogP contribution in [0.3, 0.4) is 0 Å². The van der Waals surface area contributed by atoms with Crippen LogP contribution in [-0.2, 0) is 14.3 Å². The number of hydrogen-bond acceptors (Lipinski definition) is 9. The number of hydrogen-bond donors (Lipinski definition) is 7. The zero-order chi connectivity index (χ0) is 36.8. The number of ether oxygens (including phenoxy) is 2. The second-order valence-electron chi connectivity index (χ2n) is 14.2. The van der Waals surface area contributed by atoms with Gasteiger partial charge in [-0.05, 0) is 32.1 Å².